The van der Waals surface area contributed by atoms with E-state index in [-0.39, 0.29) is 5.91 Å². The fraction of sp³-hybridized carbons (Fsp3) is 0.500. The summed E-state index contributed by atoms with van der Waals surface area (Å²) in [4.78, 5) is 12.8. The molecule has 3 heteroatoms. The molecule has 13 heavy (non-hydrogen) atoms. The van der Waals surface area contributed by atoms with Crippen LogP contribution in [0, 0.1) is 5.92 Å². The van der Waals surface area contributed by atoms with E-state index in [9.17, 15) is 4.79 Å². The smallest absolute Gasteiger partial charge is 0.252 e. The first kappa shape index (κ1) is 8.75. The largest absolute Gasteiger partial charge is 0.352 e. The normalized spacial score (nSPS) is 22.8. The highest BCUT2D eigenvalue weighted by molar-refractivity contribution is 7.10. The lowest BCUT2D eigenvalue weighted by molar-refractivity contribution is 0.0944. The van der Waals surface area contributed by atoms with E-state index in [1.165, 1.54) is 11.3 Å². The van der Waals surface area contributed by atoms with Crippen LogP contribution in [0.1, 0.15) is 28.6 Å². The number of carbonyl (C=O) groups excluding carboxylic acids is 1. The van der Waals surface area contributed by atoms with Gasteiger partial charge in [-0.3, -0.25) is 4.79 Å². The number of rotatable bonds is 0. The van der Waals surface area contributed by atoms with E-state index in [1.54, 1.807) is 11.3 Å². The SMILES string of the molecule is CC1CCc2sccc2C(=O)NC1. The van der Waals surface area contributed by atoms with Gasteiger partial charge >= 0.3 is 0 Å². The van der Waals surface area contributed by atoms with E-state index in [0.29, 0.717) is 5.92 Å². The fourth-order valence-electron chi connectivity index (χ4n) is 1.58. The van der Waals surface area contributed by atoms with Crippen LogP contribution in [0.15, 0.2) is 11.4 Å². The predicted molar refractivity (Wildman–Crippen MR) is 54.1 cm³/mol. The summed E-state index contributed by atoms with van der Waals surface area (Å²) in [5, 5.41) is 4.94. The molecule has 0 radical (unpaired) electrons. The first-order chi connectivity index (χ1) is 6.27. The highest BCUT2D eigenvalue weighted by Gasteiger charge is 2.17. The Morgan fingerprint density at radius 2 is 2.46 bits per heavy atom. The summed E-state index contributed by atoms with van der Waals surface area (Å²) < 4.78 is 0. The molecule has 0 fully saturated rings. The molecule has 2 heterocycles. The average molecular weight is 195 g/mol. The first-order valence-corrected chi connectivity index (χ1v) is 5.50. The third-order valence-corrected chi connectivity index (χ3v) is 3.45. The number of hydrogen-bond donors (Lipinski definition) is 1. The molecule has 0 aromatic carbocycles. The molecule has 0 saturated carbocycles. The van der Waals surface area contributed by atoms with Gasteiger partial charge in [0.05, 0.1) is 5.56 Å². The summed E-state index contributed by atoms with van der Waals surface area (Å²) in [6, 6.07) is 1.92. The lowest BCUT2D eigenvalue weighted by Crippen LogP contribution is -2.30. The van der Waals surface area contributed by atoms with Gasteiger partial charge in [0.1, 0.15) is 0 Å². The molecular weight excluding hydrogens is 182 g/mol. The van der Waals surface area contributed by atoms with Crippen LogP contribution in [0.3, 0.4) is 0 Å². The van der Waals surface area contributed by atoms with E-state index < -0.39 is 0 Å². The lowest BCUT2D eigenvalue weighted by atomic mass is 10.0. The minimum atomic E-state index is 0.0998. The minimum absolute atomic E-state index is 0.0998. The van der Waals surface area contributed by atoms with Crippen molar-refractivity contribution in [3.8, 4) is 0 Å². The zero-order valence-electron chi connectivity index (χ0n) is 7.67. The number of thiophene rings is 1. The Morgan fingerprint density at radius 1 is 1.62 bits per heavy atom. The molecule has 0 bridgehead atoms. The van der Waals surface area contributed by atoms with E-state index in [1.807, 2.05) is 11.4 Å². The molecule has 0 aliphatic carbocycles. The Bertz CT molecular complexity index is 318. The Hall–Kier alpha value is -0.830. The van der Waals surface area contributed by atoms with Crippen LogP contribution in [0.2, 0.25) is 0 Å². The molecule has 1 amide bonds. The third-order valence-electron chi connectivity index (χ3n) is 2.47. The maximum absolute atomic E-state index is 11.6. The molecule has 0 saturated heterocycles. The van der Waals surface area contributed by atoms with E-state index in [0.717, 1.165) is 18.5 Å². The second-order valence-corrected chi connectivity index (χ2v) is 4.61. The van der Waals surface area contributed by atoms with Crippen molar-refractivity contribution < 1.29 is 4.79 Å². The maximum atomic E-state index is 11.6. The minimum Gasteiger partial charge on any atom is -0.352 e. The second kappa shape index (κ2) is 3.50. The third kappa shape index (κ3) is 1.75. The summed E-state index contributed by atoms with van der Waals surface area (Å²) in [5.74, 6) is 0.696. The van der Waals surface area contributed by atoms with E-state index >= 15 is 0 Å². The van der Waals surface area contributed by atoms with Crippen molar-refractivity contribution in [1.29, 1.82) is 0 Å². The first-order valence-electron chi connectivity index (χ1n) is 4.62. The zero-order valence-corrected chi connectivity index (χ0v) is 8.49. The number of aryl methyl sites for hydroxylation is 1. The number of amides is 1. The fourth-order valence-corrected chi connectivity index (χ4v) is 2.47. The molecule has 1 aromatic rings. The van der Waals surface area contributed by atoms with Gasteiger partial charge in [0.15, 0.2) is 0 Å². The topological polar surface area (TPSA) is 29.1 Å². The predicted octanol–water partition coefficient (Wildman–Crippen LogP) is 2.06. The summed E-state index contributed by atoms with van der Waals surface area (Å²) in [6.45, 7) is 2.99. The number of fused-ring (bicyclic) bond motifs is 1. The molecule has 1 atom stereocenters. The molecule has 1 unspecified atom stereocenters. The molecule has 1 aliphatic rings. The highest BCUT2D eigenvalue weighted by atomic mass is 32.1. The molecule has 0 spiro atoms. The second-order valence-electron chi connectivity index (χ2n) is 3.61. The van der Waals surface area contributed by atoms with Gasteiger partial charge < -0.3 is 5.32 Å². The van der Waals surface area contributed by atoms with Gasteiger partial charge in [0, 0.05) is 11.4 Å². The van der Waals surface area contributed by atoms with Crippen LogP contribution in [0.4, 0.5) is 0 Å². The van der Waals surface area contributed by atoms with Crippen molar-refractivity contribution in [2.24, 2.45) is 5.92 Å². The van der Waals surface area contributed by atoms with Crippen molar-refractivity contribution in [3.63, 3.8) is 0 Å². The Labute approximate surface area is 82.0 Å². The van der Waals surface area contributed by atoms with Crippen LogP contribution in [0.25, 0.3) is 0 Å². The number of nitrogens with one attached hydrogen (secondary N) is 1. The maximum Gasteiger partial charge on any atom is 0.252 e. The van der Waals surface area contributed by atoms with Crippen LogP contribution < -0.4 is 5.32 Å². The van der Waals surface area contributed by atoms with E-state index in [4.69, 9.17) is 0 Å². The Balaban J connectivity index is 2.27. The summed E-state index contributed by atoms with van der Waals surface area (Å²) >= 11 is 1.69. The molecule has 2 nitrogen and oxygen atoms in total. The molecule has 1 N–H and O–H groups in total. The number of hydrogen-bond acceptors (Lipinski definition) is 2. The van der Waals surface area contributed by atoms with Gasteiger partial charge in [-0.1, -0.05) is 6.92 Å². The van der Waals surface area contributed by atoms with Crippen LogP contribution >= 0.6 is 11.3 Å². The highest BCUT2D eigenvalue weighted by Crippen LogP contribution is 2.22. The van der Waals surface area contributed by atoms with Crippen LogP contribution in [-0.2, 0) is 6.42 Å². The Morgan fingerprint density at radius 3 is 3.31 bits per heavy atom. The molecular formula is C10H13NOS. The average Bonchev–Trinajstić information content (AvgIpc) is 2.56. The van der Waals surface area contributed by atoms with Crippen molar-refractivity contribution >= 4 is 17.2 Å². The number of carbonyl (C=O) groups is 1. The van der Waals surface area contributed by atoms with Crippen molar-refractivity contribution in [2.45, 2.75) is 19.8 Å². The van der Waals surface area contributed by atoms with Crippen molar-refractivity contribution in [1.82, 2.24) is 5.32 Å². The van der Waals surface area contributed by atoms with Crippen LogP contribution in [-0.4, -0.2) is 12.5 Å². The van der Waals surface area contributed by atoms with E-state index in [2.05, 4.69) is 12.2 Å². The molecule has 2 rings (SSSR count). The molecule has 1 aromatic heterocycles. The lowest BCUT2D eigenvalue weighted by Gasteiger charge is -2.16. The summed E-state index contributed by atoms with van der Waals surface area (Å²) in [7, 11) is 0. The molecule has 1 aliphatic heterocycles. The van der Waals surface area contributed by atoms with Gasteiger partial charge in [-0.15, -0.1) is 11.3 Å². The van der Waals surface area contributed by atoms with Gasteiger partial charge in [-0.05, 0) is 30.2 Å². The summed E-state index contributed by atoms with van der Waals surface area (Å²) in [6.07, 6.45) is 2.23. The van der Waals surface area contributed by atoms with Gasteiger partial charge in [-0.2, -0.15) is 0 Å². The van der Waals surface area contributed by atoms with Gasteiger partial charge in [0.2, 0.25) is 0 Å². The monoisotopic (exact) mass is 195 g/mol. The van der Waals surface area contributed by atoms with Crippen molar-refractivity contribution in [2.75, 3.05) is 6.54 Å². The van der Waals surface area contributed by atoms with Gasteiger partial charge in [0.25, 0.3) is 5.91 Å². The van der Waals surface area contributed by atoms with Crippen molar-refractivity contribution in [3.05, 3.63) is 21.9 Å². The van der Waals surface area contributed by atoms with Crippen LogP contribution in [0.5, 0.6) is 0 Å². The Kier molecular flexibility index (Phi) is 2.36. The summed E-state index contributed by atoms with van der Waals surface area (Å²) in [5.41, 5.74) is 0.886. The zero-order chi connectivity index (χ0) is 9.26. The standard InChI is InChI=1S/C10H13NOS/c1-7-2-3-9-8(4-5-13-9)10(12)11-6-7/h4-5,7H,2-3,6H2,1H3,(H,11,12). The molecule has 70 valence electrons. The quantitative estimate of drug-likeness (QED) is 0.674. The van der Waals surface area contributed by atoms with Gasteiger partial charge in [-0.25, -0.2) is 0 Å².